The van der Waals surface area contributed by atoms with E-state index in [1.165, 1.54) is 4.90 Å². The molecule has 6 nitrogen and oxygen atoms in total. The molecule has 0 bridgehead atoms. The Kier molecular flexibility index (Phi) is 4.92. The smallest absolute Gasteiger partial charge is 0.241 e. The quantitative estimate of drug-likeness (QED) is 0.818. The number of hydrogen-bond acceptors (Lipinski definition) is 4. The predicted molar refractivity (Wildman–Crippen MR) is 81.9 cm³/mol. The molecule has 0 aromatic heterocycles. The number of hydrogen-bond donors (Lipinski definition) is 2. The van der Waals surface area contributed by atoms with E-state index in [4.69, 9.17) is 11.5 Å². The first kappa shape index (κ1) is 15.7. The lowest BCUT2D eigenvalue weighted by molar-refractivity contribution is -0.132. The highest BCUT2D eigenvalue weighted by atomic mass is 16.2. The van der Waals surface area contributed by atoms with Crippen LogP contribution in [0.5, 0.6) is 0 Å². The van der Waals surface area contributed by atoms with Gasteiger partial charge in [0.05, 0.1) is 12.1 Å². The Morgan fingerprint density at radius 1 is 1.36 bits per heavy atom. The van der Waals surface area contributed by atoms with Crippen LogP contribution in [0.1, 0.15) is 18.4 Å². The van der Waals surface area contributed by atoms with Crippen molar-refractivity contribution in [1.29, 1.82) is 5.26 Å². The van der Waals surface area contributed by atoms with Crippen LogP contribution in [-0.4, -0.2) is 35.3 Å². The van der Waals surface area contributed by atoms with Gasteiger partial charge in [0.2, 0.25) is 11.8 Å². The number of carbonyl (C=O) groups excluding carboxylic acids is 2. The molecule has 2 rings (SSSR count). The molecule has 22 heavy (non-hydrogen) atoms. The Bertz CT molecular complexity index is 633. The second kappa shape index (κ2) is 6.87. The average molecular weight is 298 g/mol. The largest absolute Gasteiger partial charge is 0.370 e. The van der Waals surface area contributed by atoms with Gasteiger partial charge in [0.25, 0.3) is 0 Å². The Labute approximate surface area is 129 Å². The number of nitrogens with two attached hydrogens (primary N) is 2. The highest BCUT2D eigenvalue weighted by Crippen LogP contribution is 2.25. The van der Waals surface area contributed by atoms with Crippen LogP contribution in [0, 0.1) is 11.3 Å². The normalized spacial score (nSPS) is 18.5. The van der Waals surface area contributed by atoms with Gasteiger partial charge in [0, 0.05) is 13.0 Å². The fourth-order valence-electron chi connectivity index (χ4n) is 2.41. The van der Waals surface area contributed by atoms with Gasteiger partial charge < -0.3 is 16.4 Å². The number of rotatable bonds is 5. The third kappa shape index (κ3) is 3.51. The summed E-state index contributed by atoms with van der Waals surface area (Å²) in [6.45, 7) is 0.339. The van der Waals surface area contributed by atoms with E-state index in [2.05, 4.69) is 6.07 Å². The fraction of sp³-hybridized carbons (Fsp3) is 0.312. The number of benzene rings is 1. The number of amides is 2. The first-order chi connectivity index (χ1) is 10.5. The highest BCUT2D eigenvalue weighted by Gasteiger charge is 2.32. The van der Waals surface area contributed by atoms with Gasteiger partial charge in [0.15, 0.2) is 0 Å². The summed E-state index contributed by atoms with van der Waals surface area (Å²) in [4.78, 5) is 24.6. The zero-order chi connectivity index (χ0) is 16.1. The SMILES string of the molecule is N#CC1C=C(c2ccccc2)CN1C(=O)[C@@H](N)CCC(N)=O. The minimum Gasteiger partial charge on any atom is -0.370 e. The van der Waals surface area contributed by atoms with Crippen LogP contribution in [0.4, 0.5) is 0 Å². The van der Waals surface area contributed by atoms with Crippen molar-refractivity contribution in [2.45, 2.75) is 24.9 Å². The number of nitriles is 1. The first-order valence-corrected chi connectivity index (χ1v) is 7.03. The van der Waals surface area contributed by atoms with Crippen molar-refractivity contribution in [3.05, 3.63) is 42.0 Å². The van der Waals surface area contributed by atoms with Crippen LogP contribution in [0.3, 0.4) is 0 Å². The number of primary amides is 1. The molecule has 1 heterocycles. The molecule has 0 spiro atoms. The predicted octanol–water partition coefficient (Wildman–Crippen LogP) is 0.397. The van der Waals surface area contributed by atoms with Gasteiger partial charge in [-0.05, 0) is 23.6 Å². The lowest BCUT2D eigenvalue weighted by Crippen LogP contribution is -2.46. The summed E-state index contributed by atoms with van der Waals surface area (Å²) in [5.74, 6) is -0.834. The minimum atomic E-state index is -0.827. The van der Waals surface area contributed by atoms with Crippen molar-refractivity contribution < 1.29 is 9.59 Å². The molecule has 0 saturated carbocycles. The van der Waals surface area contributed by atoms with Gasteiger partial charge in [0.1, 0.15) is 6.04 Å². The molecule has 0 saturated heterocycles. The molecular weight excluding hydrogens is 280 g/mol. The summed E-state index contributed by atoms with van der Waals surface area (Å²) in [6, 6.07) is 10.2. The maximum absolute atomic E-state index is 12.4. The Morgan fingerprint density at radius 3 is 2.64 bits per heavy atom. The van der Waals surface area contributed by atoms with Crippen molar-refractivity contribution in [3.63, 3.8) is 0 Å². The summed E-state index contributed by atoms with van der Waals surface area (Å²) >= 11 is 0. The van der Waals surface area contributed by atoms with E-state index in [1.807, 2.05) is 30.3 Å². The molecule has 0 fully saturated rings. The standard InChI is InChI=1S/C16H18N4O2/c17-9-13-8-12(11-4-2-1-3-5-11)10-20(13)16(22)14(18)6-7-15(19)21/h1-5,8,13-14H,6-7,10,18H2,(H2,19,21)/t13?,14-/m0/s1. The summed E-state index contributed by atoms with van der Waals surface area (Å²) in [5, 5.41) is 9.25. The van der Waals surface area contributed by atoms with Crippen LogP contribution >= 0.6 is 0 Å². The monoisotopic (exact) mass is 298 g/mol. The molecular formula is C16H18N4O2. The number of carbonyl (C=O) groups is 2. The minimum absolute atomic E-state index is 0.0525. The molecule has 1 aliphatic rings. The Balaban J connectivity index is 2.09. The Hall–Kier alpha value is -2.65. The lowest BCUT2D eigenvalue weighted by atomic mass is 10.1. The molecule has 1 unspecified atom stereocenters. The molecule has 6 heteroatoms. The van der Waals surface area contributed by atoms with Crippen LogP contribution < -0.4 is 11.5 Å². The van der Waals surface area contributed by atoms with Crippen LogP contribution in [-0.2, 0) is 9.59 Å². The fourth-order valence-corrected chi connectivity index (χ4v) is 2.41. The molecule has 1 aromatic rings. The van der Waals surface area contributed by atoms with E-state index >= 15 is 0 Å². The van der Waals surface area contributed by atoms with Crippen molar-refractivity contribution in [2.75, 3.05) is 6.54 Å². The van der Waals surface area contributed by atoms with E-state index in [1.54, 1.807) is 6.08 Å². The number of nitrogens with zero attached hydrogens (tertiary/aromatic N) is 2. The summed E-state index contributed by atoms with van der Waals surface area (Å²) in [7, 11) is 0. The third-order valence-electron chi connectivity index (χ3n) is 3.61. The molecule has 1 aromatic carbocycles. The maximum Gasteiger partial charge on any atom is 0.241 e. The molecule has 4 N–H and O–H groups in total. The van der Waals surface area contributed by atoms with Gasteiger partial charge >= 0.3 is 0 Å². The van der Waals surface area contributed by atoms with Gasteiger partial charge in [-0.2, -0.15) is 5.26 Å². The topological polar surface area (TPSA) is 113 Å². The van der Waals surface area contributed by atoms with Crippen LogP contribution in [0.25, 0.3) is 5.57 Å². The van der Waals surface area contributed by atoms with Crippen molar-refractivity contribution in [3.8, 4) is 6.07 Å². The van der Waals surface area contributed by atoms with E-state index in [0.29, 0.717) is 6.54 Å². The molecule has 1 aliphatic heterocycles. The van der Waals surface area contributed by atoms with Crippen molar-refractivity contribution >= 4 is 17.4 Å². The van der Waals surface area contributed by atoms with Crippen LogP contribution in [0.2, 0.25) is 0 Å². The van der Waals surface area contributed by atoms with Crippen molar-refractivity contribution in [2.24, 2.45) is 11.5 Å². The average Bonchev–Trinajstić information content (AvgIpc) is 2.97. The van der Waals surface area contributed by atoms with Crippen molar-refractivity contribution in [1.82, 2.24) is 4.90 Å². The second-order valence-corrected chi connectivity index (χ2v) is 5.21. The second-order valence-electron chi connectivity index (χ2n) is 5.21. The zero-order valence-corrected chi connectivity index (χ0v) is 12.1. The molecule has 2 atom stereocenters. The summed E-state index contributed by atoms with van der Waals surface area (Å²) in [5.41, 5.74) is 12.8. The highest BCUT2D eigenvalue weighted by molar-refractivity contribution is 5.87. The van der Waals surface area contributed by atoms with Gasteiger partial charge in [-0.15, -0.1) is 0 Å². The summed E-state index contributed by atoms with van der Waals surface area (Å²) in [6.07, 6.45) is 2.01. The van der Waals surface area contributed by atoms with E-state index in [0.717, 1.165) is 11.1 Å². The van der Waals surface area contributed by atoms with Gasteiger partial charge in [-0.3, -0.25) is 9.59 Å². The van der Waals surface area contributed by atoms with Gasteiger partial charge in [-0.25, -0.2) is 0 Å². The first-order valence-electron chi connectivity index (χ1n) is 7.03. The van der Waals surface area contributed by atoms with E-state index in [-0.39, 0.29) is 18.7 Å². The molecule has 0 radical (unpaired) electrons. The summed E-state index contributed by atoms with van der Waals surface area (Å²) < 4.78 is 0. The van der Waals surface area contributed by atoms with E-state index < -0.39 is 18.0 Å². The lowest BCUT2D eigenvalue weighted by Gasteiger charge is -2.23. The Morgan fingerprint density at radius 2 is 2.05 bits per heavy atom. The zero-order valence-electron chi connectivity index (χ0n) is 12.1. The van der Waals surface area contributed by atoms with Crippen LogP contribution in [0.15, 0.2) is 36.4 Å². The molecule has 0 aliphatic carbocycles. The maximum atomic E-state index is 12.4. The van der Waals surface area contributed by atoms with E-state index in [9.17, 15) is 14.9 Å². The molecule has 2 amide bonds. The third-order valence-corrected chi connectivity index (χ3v) is 3.61. The molecule has 114 valence electrons. The van der Waals surface area contributed by atoms with Gasteiger partial charge in [-0.1, -0.05) is 30.3 Å².